The standard InChI is InChI=1S/C12H13BrFNO/c1-3-6-15-8-9(2)16-10-4-5-12(14)11(13)7-10/h1,4-5,7,9,15H,6,8H2,2H3. The van der Waals surface area contributed by atoms with E-state index in [1.165, 1.54) is 6.07 Å². The number of nitrogens with one attached hydrogen (secondary N) is 1. The van der Waals surface area contributed by atoms with Gasteiger partial charge in [-0.15, -0.1) is 6.42 Å². The molecule has 1 atom stereocenters. The third kappa shape index (κ3) is 4.21. The Morgan fingerprint density at radius 1 is 1.62 bits per heavy atom. The average molecular weight is 286 g/mol. The van der Waals surface area contributed by atoms with Crippen molar-refractivity contribution in [2.24, 2.45) is 0 Å². The maximum Gasteiger partial charge on any atom is 0.137 e. The zero-order valence-corrected chi connectivity index (χ0v) is 10.6. The van der Waals surface area contributed by atoms with E-state index in [0.717, 1.165) is 0 Å². The lowest BCUT2D eigenvalue weighted by Crippen LogP contribution is -2.29. The quantitative estimate of drug-likeness (QED) is 0.663. The summed E-state index contributed by atoms with van der Waals surface area (Å²) in [6, 6.07) is 4.56. The van der Waals surface area contributed by atoms with Crippen molar-refractivity contribution < 1.29 is 9.13 Å². The molecule has 86 valence electrons. The summed E-state index contributed by atoms with van der Waals surface area (Å²) in [7, 11) is 0. The number of hydrogen-bond donors (Lipinski definition) is 1. The van der Waals surface area contributed by atoms with Crippen LogP contribution in [0.5, 0.6) is 5.75 Å². The van der Waals surface area contributed by atoms with Crippen LogP contribution in [0, 0.1) is 18.2 Å². The minimum atomic E-state index is -0.301. The predicted octanol–water partition coefficient (Wildman–Crippen LogP) is 2.58. The molecular formula is C12H13BrFNO. The molecule has 1 aromatic rings. The molecule has 0 spiro atoms. The van der Waals surface area contributed by atoms with Crippen LogP contribution in [0.15, 0.2) is 22.7 Å². The number of terminal acetylenes is 1. The summed E-state index contributed by atoms with van der Waals surface area (Å²) in [4.78, 5) is 0. The summed E-state index contributed by atoms with van der Waals surface area (Å²) >= 11 is 3.10. The topological polar surface area (TPSA) is 21.3 Å². The van der Waals surface area contributed by atoms with Crippen molar-refractivity contribution in [3.05, 3.63) is 28.5 Å². The molecule has 1 unspecified atom stereocenters. The zero-order valence-electron chi connectivity index (χ0n) is 8.97. The van der Waals surface area contributed by atoms with Gasteiger partial charge in [0.25, 0.3) is 0 Å². The van der Waals surface area contributed by atoms with E-state index in [0.29, 0.717) is 23.3 Å². The Hall–Kier alpha value is -1.05. The number of rotatable bonds is 5. The van der Waals surface area contributed by atoms with E-state index in [2.05, 4.69) is 27.2 Å². The van der Waals surface area contributed by atoms with Crippen molar-refractivity contribution in [1.29, 1.82) is 0 Å². The number of halogens is 2. The fourth-order valence-corrected chi connectivity index (χ4v) is 1.53. The van der Waals surface area contributed by atoms with Crippen molar-refractivity contribution in [1.82, 2.24) is 5.32 Å². The summed E-state index contributed by atoms with van der Waals surface area (Å²) in [5.41, 5.74) is 0. The van der Waals surface area contributed by atoms with E-state index in [4.69, 9.17) is 11.2 Å². The van der Waals surface area contributed by atoms with Gasteiger partial charge < -0.3 is 10.1 Å². The Bertz CT molecular complexity index is 389. The first-order valence-corrected chi connectivity index (χ1v) is 5.68. The van der Waals surface area contributed by atoms with Gasteiger partial charge in [0.2, 0.25) is 0 Å². The molecule has 1 rings (SSSR count). The van der Waals surface area contributed by atoms with E-state index < -0.39 is 0 Å². The largest absolute Gasteiger partial charge is 0.489 e. The SMILES string of the molecule is C#CCNCC(C)Oc1ccc(F)c(Br)c1. The van der Waals surface area contributed by atoms with Gasteiger partial charge in [0.15, 0.2) is 0 Å². The van der Waals surface area contributed by atoms with Gasteiger partial charge in [0.1, 0.15) is 17.7 Å². The lowest BCUT2D eigenvalue weighted by molar-refractivity contribution is 0.219. The molecule has 0 aliphatic carbocycles. The van der Waals surface area contributed by atoms with Crippen LogP contribution >= 0.6 is 15.9 Å². The van der Waals surface area contributed by atoms with Crippen LogP contribution in [-0.4, -0.2) is 19.2 Å². The minimum Gasteiger partial charge on any atom is -0.489 e. The molecule has 0 aliphatic rings. The van der Waals surface area contributed by atoms with E-state index in [9.17, 15) is 4.39 Å². The Morgan fingerprint density at radius 2 is 2.38 bits per heavy atom. The molecule has 0 saturated carbocycles. The molecule has 1 aromatic carbocycles. The highest BCUT2D eigenvalue weighted by Gasteiger charge is 2.05. The van der Waals surface area contributed by atoms with Gasteiger partial charge in [-0.1, -0.05) is 5.92 Å². The monoisotopic (exact) mass is 285 g/mol. The van der Waals surface area contributed by atoms with Gasteiger partial charge in [0, 0.05) is 6.54 Å². The van der Waals surface area contributed by atoms with Gasteiger partial charge in [-0.2, -0.15) is 0 Å². The van der Waals surface area contributed by atoms with Crippen LogP contribution in [0.1, 0.15) is 6.92 Å². The summed E-state index contributed by atoms with van der Waals surface area (Å²) in [5, 5.41) is 3.03. The van der Waals surface area contributed by atoms with Crippen LogP contribution in [0.4, 0.5) is 4.39 Å². The second-order valence-electron chi connectivity index (χ2n) is 3.34. The van der Waals surface area contributed by atoms with Crippen LogP contribution in [0.25, 0.3) is 0 Å². The molecule has 0 aliphatic heterocycles. The molecule has 4 heteroatoms. The lowest BCUT2D eigenvalue weighted by Gasteiger charge is -2.14. The van der Waals surface area contributed by atoms with Crippen LogP contribution in [0.3, 0.4) is 0 Å². The van der Waals surface area contributed by atoms with Crippen molar-refractivity contribution in [3.8, 4) is 18.1 Å². The molecule has 0 fully saturated rings. The fourth-order valence-electron chi connectivity index (χ4n) is 1.17. The molecule has 0 radical (unpaired) electrons. The third-order valence-corrected chi connectivity index (χ3v) is 2.49. The van der Waals surface area contributed by atoms with Gasteiger partial charge in [-0.3, -0.25) is 0 Å². The minimum absolute atomic E-state index is 0.0225. The third-order valence-electron chi connectivity index (χ3n) is 1.89. The number of ether oxygens (including phenoxy) is 1. The Kier molecular flexibility index (Phi) is 5.30. The maximum atomic E-state index is 12.9. The first kappa shape index (κ1) is 13.0. The van der Waals surface area contributed by atoms with Crippen LogP contribution < -0.4 is 10.1 Å². The van der Waals surface area contributed by atoms with Crippen molar-refractivity contribution in [3.63, 3.8) is 0 Å². The summed E-state index contributed by atoms with van der Waals surface area (Å²) in [6.45, 7) is 3.08. The van der Waals surface area contributed by atoms with Gasteiger partial charge >= 0.3 is 0 Å². The highest BCUT2D eigenvalue weighted by Crippen LogP contribution is 2.22. The molecule has 0 heterocycles. The van der Waals surface area contributed by atoms with E-state index in [1.54, 1.807) is 12.1 Å². The molecule has 2 nitrogen and oxygen atoms in total. The van der Waals surface area contributed by atoms with Crippen molar-refractivity contribution in [2.75, 3.05) is 13.1 Å². The van der Waals surface area contributed by atoms with Crippen LogP contribution in [-0.2, 0) is 0 Å². The molecule has 0 saturated heterocycles. The number of hydrogen-bond acceptors (Lipinski definition) is 2. The lowest BCUT2D eigenvalue weighted by atomic mass is 10.3. The Morgan fingerprint density at radius 3 is 3.00 bits per heavy atom. The molecule has 0 bridgehead atoms. The van der Waals surface area contributed by atoms with Gasteiger partial charge in [0.05, 0.1) is 11.0 Å². The van der Waals surface area contributed by atoms with Crippen molar-refractivity contribution >= 4 is 15.9 Å². The maximum absolute atomic E-state index is 12.9. The molecular weight excluding hydrogens is 273 g/mol. The number of benzene rings is 1. The first-order chi connectivity index (χ1) is 7.63. The average Bonchev–Trinajstić information content (AvgIpc) is 2.24. The Labute approximate surface area is 103 Å². The fraction of sp³-hybridized carbons (Fsp3) is 0.333. The molecule has 1 N–H and O–H groups in total. The highest BCUT2D eigenvalue weighted by atomic mass is 79.9. The van der Waals surface area contributed by atoms with Gasteiger partial charge in [-0.05, 0) is 41.1 Å². The second-order valence-corrected chi connectivity index (χ2v) is 4.19. The summed E-state index contributed by atoms with van der Waals surface area (Å²) in [6.07, 6.45) is 5.08. The molecule has 0 aromatic heterocycles. The molecule has 16 heavy (non-hydrogen) atoms. The van der Waals surface area contributed by atoms with Crippen molar-refractivity contribution in [2.45, 2.75) is 13.0 Å². The van der Waals surface area contributed by atoms with E-state index in [-0.39, 0.29) is 11.9 Å². The summed E-state index contributed by atoms with van der Waals surface area (Å²) in [5.74, 6) is 2.81. The smallest absolute Gasteiger partial charge is 0.137 e. The Balaban J connectivity index is 2.47. The summed E-state index contributed by atoms with van der Waals surface area (Å²) < 4.78 is 18.9. The second kappa shape index (κ2) is 6.51. The molecule has 0 amide bonds. The highest BCUT2D eigenvalue weighted by molar-refractivity contribution is 9.10. The zero-order chi connectivity index (χ0) is 12.0. The first-order valence-electron chi connectivity index (χ1n) is 4.89. The normalized spacial score (nSPS) is 11.9. The van der Waals surface area contributed by atoms with Gasteiger partial charge in [-0.25, -0.2) is 4.39 Å². The van der Waals surface area contributed by atoms with E-state index in [1.807, 2.05) is 6.92 Å². The van der Waals surface area contributed by atoms with E-state index >= 15 is 0 Å². The van der Waals surface area contributed by atoms with Crippen LogP contribution in [0.2, 0.25) is 0 Å². The predicted molar refractivity (Wildman–Crippen MR) is 65.9 cm³/mol.